The third kappa shape index (κ3) is 6.22. The maximum atomic E-state index is 6.35. The normalized spacial score (nSPS) is 13.0. The van der Waals surface area contributed by atoms with Crippen LogP contribution >= 0.6 is 0 Å². The Hall–Kier alpha value is -6.93. The third-order valence-electron chi connectivity index (χ3n) is 13.0. The molecule has 0 atom stereocenters. The van der Waals surface area contributed by atoms with E-state index in [1.165, 1.54) is 60.0 Å². The molecule has 1 aliphatic heterocycles. The molecule has 300 valence electrons. The zero-order chi connectivity index (χ0) is 42.2. The van der Waals surface area contributed by atoms with Crippen LogP contribution in [0.5, 0.6) is 0 Å². The molecular weight excluding hydrogens is 785 g/mol. The first-order chi connectivity index (χ1) is 30.1. The highest BCUT2D eigenvalue weighted by molar-refractivity contribution is 7.03. The van der Waals surface area contributed by atoms with Crippen LogP contribution in [0.1, 0.15) is 0 Å². The first-order valence-corrected chi connectivity index (χ1v) is 28.2. The van der Waals surface area contributed by atoms with Crippen molar-refractivity contribution in [1.82, 2.24) is 0 Å². The van der Waals surface area contributed by atoms with E-state index < -0.39 is 16.1 Å². The second-order valence-electron chi connectivity index (χ2n) is 18.2. The van der Waals surface area contributed by atoms with Crippen LogP contribution in [0.3, 0.4) is 0 Å². The van der Waals surface area contributed by atoms with Crippen LogP contribution in [-0.4, -0.2) is 16.1 Å². The van der Waals surface area contributed by atoms with Gasteiger partial charge in [-0.05, 0) is 105 Å². The molecule has 1 aromatic heterocycles. The fourth-order valence-electron chi connectivity index (χ4n) is 9.83. The van der Waals surface area contributed by atoms with Crippen molar-refractivity contribution in [2.45, 2.75) is 32.7 Å². The minimum atomic E-state index is -2.26. The van der Waals surface area contributed by atoms with Gasteiger partial charge in [0.2, 0.25) is 0 Å². The molecule has 10 aromatic rings. The van der Waals surface area contributed by atoms with Gasteiger partial charge in [-0.1, -0.05) is 165 Å². The lowest BCUT2D eigenvalue weighted by Gasteiger charge is -2.37. The number of furan rings is 1. The number of para-hydroxylation sites is 3. The number of anilines is 6. The van der Waals surface area contributed by atoms with Crippen molar-refractivity contribution in [3.05, 3.63) is 200 Å². The van der Waals surface area contributed by atoms with Crippen molar-refractivity contribution in [1.29, 1.82) is 0 Å². The van der Waals surface area contributed by atoms with E-state index in [1.807, 2.05) is 6.07 Å². The average molecular weight is 833 g/mol. The van der Waals surface area contributed by atoms with Gasteiger partial charge in [0.25, 0.3) is 0 Å². The molecule has 0 spiro atoms. The Morgan fingerprint density at radius 1 is 0.403 bits per heavy atom. The number of rotatable bonds is 8. The Morgan fingerprint density at radius 2 is 1.02 bits per heavy atom. The largest absolute Gasteiger partial charge is 0.456 e. The second kappa shape index (κ2) is 14.6. The van der Waals surface area contributed by atoms with Gasteiger partial charge in [-0.2, -0.15) is 0 Å². The van der Waals surface area contributed by atoms with Crippen molar-refractivity contribution >= 4 is 98.5 Å². The van der Waals surface area contributed by atoms with Crippen LogP contribution in [-0.2, 0) is 0 Å². The summed E-state index contributed by atoms with van der Waals surface area (Å²) in [5, 5.41) is 9.24. The molecule has 0 aliphatic carbocycles. The fraction of sp³-hybridized carbons (Fsp3) is 0.0877. The summed E-state index contributed by atoms with van der Waals surface area (Å²) in [6.07, 6.45) is 0. The lowest BCUT2D eigenvalue weighted by molar-refractivity contribution is 0.669. The summed E-state index contributed by atoms with van der Waals surface area (Å²) in [4.78, 5) is 4.91. The molecule has 5 heteroatoms. The Bertz CT molecular complexity index is 3310. The highest BCUT2D eigenvalue weighted by Crippen LogP contribution is 2.47. The highest BCUT2D eigenvalue weighted by Gasteiger charge is 2.37. The quantitative estimate of drug-likeness (QED) is 0.142. The summed E-state index contributed by atoms with van der Waals surface area (Å²) < 4.78 is 6.35. The van der Waals surface area contributed by atoms with E-state index in [0.717, 1.165) is 44.7 Å². The standard InChI is InChI=1S/C57H48N2OSi2/c1-61(2,3)44-31-27-41(28-32-44)58(40-19-10-7-11-20-40)43-29-33-47-48-34-35-52(49-23-16-26-55(57(48)49)62(4,5)56(47)38-43)59(51-24-14-12-21-45(51)39-17-8-6-9-18-39)42-30-36-54-50(37-42)46-22-13-15-25-53(46)60-54/h6-38H,1-5H3. The molecule has 0 saturated heterocycles. The second-order valence-corrected chi connectivity index (χ2v) is 27.6. The van der Waals surface area contributed by atoms with Crippen molar-refractivity contribution < 1.29 is 4.42 Å². The number of hydrogen-bond donors (Lipinski definition) is 0. The maximum Gasteiger partial charge on any atom is 0.135 e. The molecule has 0 bridgehead atoms. The molecule has 9 aromatic carbocycles. The first-order valence-electron chi connectivity index (χ1n) is 21.7. The monoisotopic (exact) mass is 832 g/mol. The van der Waals surface area contributed by atoms with Crippen LogP contribution < -0.4 is 25.4 Å². The van der Waals surface area contributed by atoms with Crippen molar-refractivity contribution in [2.75, 3.05) is 9.80 Å². The maximum absolute atomic E-state index is 6.35. The number of fused-ring (bicyclic) bond motifs is 5. The van der Waals surface area contributed by atoms with E-state index in [2.05, 4.69) is 237 Å². The SMILES string of the molecule is C[Si](C)(C)c1ccc(N(c2ccccc2)c2ccc3c(c2)[Si](C)(C)c2cccc4c(N(c5ccc6oc7ccccc7c6c5)c5ccccc5-c5ccccc5)ccc-3c24)cc1. The van der Waals surface area contributed by atoms with Gasteiger partial charge in [0.1, 0.15) is 19.2 Å². The Morgan fingerprint density at radius 3 is 1.81 bits per heavy atom. The Balaban J connectivity index is 1.11. The van der Waals surface area contributed by atoms with Gasteiger partial charge in [-0.25, -0.2) is 0 Å². The van der Waals surface area contributed by atoms with E-state index in [-0.39, 0.29) is 0 Å². The summed E-state index contributed by atoms with van der Waals surface area (Å²) in [6, 6.07) is 73.8. The van der Waals surface area contributed by atoms with Gasteiger partial charge < -0.3 is 14.2 Å². The van der Waals surface area contributed by atoms with E-state index in [1.54, 1.807) is 0 Å². The van der Waals surface area contributed by atoms with Gasteiger partial charge in [0.05, 0.1) is 19.4 Å². The lowest BCUT2D eigenvalue weighted by Crippen LogP contribution is -2.56. The lowest BCUT2D eigenvalue weighted by atomic mass is 9.94. The minimum absolute atomic E-state index is 0.890. The van der Waals surface area contributed by atoms with Crippen LogP contribution in [0.15, 0.2) is 205 Å². The van der Waals surface area contributed by atoms with E-state index >= 15 is 0 Å². The number of hydrogen-bond acceptors (Lipinski definition) is 3. The van der Waals surface area contributed by atoms with Gasteiger partial charge in [-0.3, -0.25) is 0 Å². The first kappa shape index (κ1) is 38.0. The smallest absolute Gasteiger partial charge is 0.135 e. The molecule has 0 amide bonds. The molecule has 62 heavy (non-hydrogen) atoms. The Kier molecular flexibility index (Phi) is 8.97. The van der Waals surface area contributed by atoms with Gasteiger partial charge in [0, 0.05) is 44.5 Å². The fourth-order valence-corrected chi connectivity index (χ4v) is 14.1. The average Bonchev–Trinajstić information content (AvgIpc) is 3.68. The molecule has 0 fully saturated rings. The van der Waals surface area contributed by atoms with E-state index in [0.29, 0.717) is 0 Å². The summed E-state index contributed by atoms with van der Waals surface area (Å²) in [6.45, 7) is 12.3. The number of nitrogens with zero attached hydrogens (tertiary/aromatic N) is 2. The Labute approximate surface area is 366 Å². The van der Waals surface area contributed by atoms with Gasteiger partial charge >= 0.3 is 0 Å². The van der Waals surface area contributed by atoms with Gasteiger partial charge in [-0.15, -0.1) is 0 Å². The zero-order valence-electron chi connectivity index (χ0n) is 35.9. The summed E-state index contributed by atoms with van der Waals surface area (Å²) >= 11 is 0. The molecule has 3 nitrogen and oxygen atoms in total. The highest BCUT2D eigenvalue weighted by atomic mass is 28.3. The molecule has 2 heterocycles. The summed E-state index contributed by atoms with van der Waals surface area (Å²) in [7, 11) is -3.72. The van der Waals surface area contributed by atoms with E-state index in [9.17, 15) is 0 Å². The van der Waals surface area contributed by atoms with E-state index in [4.69, 9.17) is 4.42 Å². The third-order valence-corrected chi connectivity index (χ3v) is 18.6. The van der Waals surface area contributed by atoms with Crippen molar-refractivity contribution in [3.63, 3.8) is 0 Å². The minimum Gasteiger partial charge on any atom is -0.456 e. The van der Waals surface area contributed by atoms with Crippen molar-refractivity contribution in [2.24, 2.45) is 0 Å². The molecule has 0 N–H and O–H groups in total. The summed E-state index contributed by atoms with van der Waals surface area (Å²) in [5.41, 5.74) is 13.7. The molecule has 0 radical (unpaired) electrons. The summed E-state index contributed by atoms with van der Waals surface area (Å²) in [5.74, 6) is 0. The topological polar surface area (TPSA) is 19.6 Å². The molecule has 1 aliphatic rings. The molecular formula is C57H48N2OSi2. The van der Waals surface area contributed by atoms with Crippen LogP contribution in [0.4, 0.5) is 34.1 Å². The van der Waals surface area contributed by atoms with Gasteiger partial charge in [0.15, 0.2) is 0 Å². The zero-order valence-corrected chi connectivity index (χ0v) is 37.9. The van der Waals surface area contributed by atoms with Crippen molar-refractivity contribution in [3.8, 4) is 22.3 Å². The number of benzene rings is 9. The van der Waals surface area contributed by atoms with Crippen LogP contribution in [0.25, 0.3) is 55.0 Å². The molecule has 0 unspecified atom stereocenters. The molecule has 11 rings (SSSR count). The predicted octanol–water partition coefficient (Wildman–Crippen LogP) is 14.7. The predicted molar refractivity (Wildman–Crippen MR) is 271 cm³/mol. The molecule has 0 saturated carbocycles. The van der Waals surface area contributed by atoms with Crippen LogP contribution in [0.2, 0.25) is 32.7 Å². The van der Waals surface area contributed by atoms with Crippen LogP contribution in [0, 0.1) is 0 Å².